The molecule has 2 nitrogen and oxygen atoms in total. The fourth-order valence-electron chi connectivity index (χ4n) is 0.889. The molecular weight excluding hydrogens is 180 g/mol. The summed E-state index contributed by atoms with van der Waals surface area (Å²) in [5, 5.41) is 0. The second-order valence-electron chi connectivity index (χ2n) is 3.37. The molecule has 0 aliphatic heterocycles. The van der Waals surface area contributed by atoms with Crippen LogP contribution in [0.1, 0.15) is 20.3 Å². The summed E-state index contributed by atoms with van der Waals surface area (Å²) in [7, 11) is 0. The lowest BCUT2D eigenvalue weighted by Gasteiger charge is -2.05. The molecule has 0 fully saturated rings. The van der Waals surface area contributed by atoms with E-state index in [1.807, 2.05) is 12.3 Å². The van der Waals surface area contributed by atoms with Gasteiger partial charge in [-0.2, -0.15) is 0 Å². The van der Waals surface area contributed by atoms with Gasteiger partial charge in [-0.3, -0.25) is 9.71 Å². The number of rotatable bonds is 5. The molecule has 1 N–H and O–H groups in total. The first-order chi connectivity index (χ1) is 6.29. The molecule has 1 aromatic rings. The van der Waals surface area contributed by atoms with Crippen molar-refractivity contribution in [2.75, 3.05) is 6.54 Å². The van der Waals surface area contributed by atoms with Crippen LogP contribution in [0, 0.1) is 5.92 Å². The van der Waals surface area contributed by atoms with Gasteiger partial charge in [-0.05, 0) is 36.4 Å². The molecular formula is C10H16N2S. The Bertz CT molecular complexity index is 224. The summed E-state index contributed by atoms with van der Waals surface area (Å²) in [6.07, 6.45) is 4.87. The van der Waals surface area contributed by atoms with E-state index in [4.69, 9.17) is 0 Å². The van der Waals surface area contributed by atoms with Crippen molar-refractivity contribution in [2.45, 2.75) is 25.2 Å². The van der Waals surface area contributed by atoms with Crippen LogP contribution in [0.4, 0.5) is 0 Å². The van der Waals surface area contributed by atoms with Gasteiger partial charge in [0.25, 0.3) is 0 Å². The minimum atomic E-state index is 0.766. The van der Waals surface area contributed by atoms with Crippen LogP contribution in [0.2, 0.25) is 0 Å². The first kappa shape index (κ1) is 10.5. The predicted octanol–water partition coefficient (Wildman–Crippen LogP) is 2.72. The molecule has 0 saturated carbocycles. The summed E-state index contributed by atoms with van der Waals surface area (Å²) in [6.45, 7) is 5.52. The predicted molar refractivity (Wildman–Crippen MR) is 57.6 cm³/mol. The van der Waals surface area contributed by atoms with Crippen LogP contribution in [0.5, 0.6) is 0 Å². The van der Waals surface area contributed by atoms with Gasteiger partial charge < -0.3 is 0 Å². The summed E-state index contributed by atoms with van der Waals surface area (Å²) in [5.74, 6) is 0.766. The molecule has 13 heavy (non-hydrogen) atoms. The van der Waals surface area contributed by atoms with E-state index in [1.54, 1.807) is 18.1 Å². The number of pyridine rings is 1. The Kier molecular flexibility index (Phi) is 4.86. The average Bonchev–Trinajstić information content (AvgIpc) is 2.14. The Morgan fingerprint density at radius 1 is 1.54 bits per heavy atom. The zero-order chi connectivity index (χ0) is 9.52. The van der Waals surface area contributed by atoms with Gasteiger partial charge in [0.15, 0.2) is 0 Å². The monoisotopic (exact) mass is 196 g/mol. The quantitative estimate of drug-likeness (QED) is 0.579. The maximum Gasteiger partial charge on any atom is 0.0417 e. The molecule has 1 heterocycles. The van der Waals surface area contributed by atoms with Crippen molar-refractivity contribution in [1.29, 1.82) is 0 Å². The Morgan fingerprint density at radius 2 is 2.38 bits per heavy atom. The third-order valence-corrected chi connectivity index (χ3v) is 2.47. The molecule has 0 aromatic carbocycles. The minimum Gasteiger partial charge on any atom is -0.264 e. The van der Waals surface area contributed by atoms with Crippen LogP contribution in [0.3, 0.4) is 0 Å². The van der Waals surface area contributed by atoms with Crippen LogP contribution < -0.4 is 4.72 Å². The third-order valence-electron chi connectivity index (χ3n) is 1.65. The van der Waals surface area contributed by atoms with Gasteiger partial charge in [-0.1, -0.05) is 13.8 Å². The molecule has 0 bridgehead atoms. The molecule has 0 spiro atoms. The minimum absolute atomic E-state index is 0.766. The molecule has 0 radical (unpaired) electrons. The number of hydrogen-bond acceptors (Lipinski definition) is 3. The molecule has 0 aliphatic carbocycles. The molecule has 0 amide bonds. The van der Waals surface area contributed by atoms with Crippen molar-refractivity contribution in [1.82, 2.24) is 9.71 Å². The van der Waals surface area contributed by atoms with Gasteiger partial charge in [0.05, 0.1) is 0 Å². The van der Waals surface area contributed by atoms with Crippen LogP contribution in [0.15, 0.2) is 29.4 Å². The fraction of sp³-hybridized carbons (Fsp3) is 0.500. The molecule has 0 unspecified atom stereocenters. The van der Waals surface area contributed by atoms with Crippen LogP contribution >= 0.6 is 11.9 Å². The fourth-order valence-corrected chi connectivity index (χ4v) is 1.54. The van der Waals surface area contributed by atoms with Crippen molar-refractivity contribution in [2.24, 2.45) is 5.92 Å². The van der Waals surface area contributed by atoms with Crippen LogP contribution in [0.25, 0.3) is 0 Å². The Hall–Kier alpha value is -0.540. The van der Waals surface area contributed by atoms with E-state index in [-0.39, 0.29) is 0 Å². The zero-order valence-corrected chi connectivity index (χ0v) is 8.97. The molecule has 0 saturated heterocycles. The first-order valence-electron chi connectivity index (χ1n) is 4.59. The Balaban J connectivity index is 2.13. The molecule has 1 aromatic heterocycles. The van der Waals surface area contributed by atoms with Crippen LogP contribution in [-0.2, 0) is 0 Å². The van der Waals surface area contributed by atoms with Gasteiger partial charge >= 0.3 is 0 Å². The molecule has 72 valence electrons. The third kappa shape index (κ3) is 4.90. The standard InChI is InChI=1S/C10H16N2S/c1-9(2)5-7-12-13-10-4-3-6-11-8-10/h3-4,6,8-9,12H,5,7H2,1-2H3. The van der Waals surface area contributed by atoms with E-state index >= 15 is 0 Å². The Morgan fingerprint density at radius 3 is 3.00 bits per heavy atom. The molecule has 3 heteroatoms. The lowest BCUT2D eigenvalue weighted by Crippen LogP contribution is -2.07. The van der Waals surface area contributed by atoms with Gasteiger partial charge in [0.1, 0.15) is 0 Å². The van der Waals surface area contributed by atoms with E-state index in [0.717, 1.165) is 12.5 Å². The summed E-state index contributed by atoms with van der Waals surface area (Å²) >= 11 is 1.65. The number of nitrogens with zero attached hydrogens (tertiary/aromatic N) is 1. The molecule has 1 rings (SSSR count). The van der Waals surface area contributed by atoms with E-state index in [0.29, 0.717) is 0 Å². The second-order valence-corrected chi connectivity index (χ2v) is 4.33. The first-order valence-corrected chi connectivity index (χ1v) is 5.40. The zero-order valence-electron chi connectivity index (χ0n) is 8.16. The second kappa shape index (κ2) is 6.00. The van der Waals surface area contributed by atoms with Crippen LogP contribution in [-0.4, -0.2) is 11.5 Å². The number of aromatic nitrogens is 1. The highest BCUT2D eigenvalue weighted by molar-refractivity contribution is 7.97. The van der Waals surface area contributed by atoms with Crippen molar-refractivity contribution >= 4 is 11.9 Å². The smallest absolute Gasteiger partial charge is 0.0417 e. The number of hydrogen-bond donors (Lipinski definition) is 1. The van der Waals surface area contributed by atoms with Gasteiger partial charge in [0.2, 0.25) is 0 Å². The van der Waals surface area contributed by atoms with Crippen molar-refractivity contribution < 1.29 is 0 Å². The van der Waals surface area contributed by atoms with Crippen molar-refractivity contribution in [3.05, 3.63) is 24.5 Å². The van der Waals surface area contributed by atoms with Gasteiger partial charge in [-0.15, -0.1) is 0 Å². The van der Waals surface area contributed by atoms with E-state index in [1.165, 1.54) is 11.3 Å². The molecule has 0 atom stereocenters. The maximum absolute atomic E-state index is 4.04. The SMILES string of the molecule is CC(C)CCNSc1cccnc1. The lowest BCUT2D eigenvalue weighted by atomic mass is 10.1. The van der Waals surface area contributed by atoms with Crippen molar-refractivity contribution in [3.63, 3.8) is 0 Å². The van der Waals surface area contributed by atoms with E-state index in [2.05, 4.69) is 29.6 Å². The normalized spacial score (nSPS) is 10.7. The van der Waals surface area contributed by atoms with Crippen molar-refractivity contribution in [3.8, 4) is 0 Å². The largest absolute Gasteiger partial charge is 0.264 e. The van der Waals surface area contributed by atoms with E-state index < -0.39 is 0 Å². The highest BCUT2D eigenvalue weighted by Crippen LogP contribution is 2.11. The molecule has 0 aliphatic rings. The van der Waals surface area contributed by atoms with E-state index in [9.17, 15) is 0 Å². The number of nitrogens with one attached hydrogen (secondary N) is 1. The lowest BCUT2D eigenvalue weighted by molar-refractivity contribution is 0.585. The topological polar surface area (TPSA) is 24.9 Å². The maximum atomic E-state index is 4.04. The van der Waals surface area contributed by atoms with Gasteiger partial charge in [0, 0.05) is 23.8 Å². The Labute approximate surface area is 84.3 Å². The van der Waals surface area contributed by atoms with Gasteiger partial charge in [-0.25, -0.2) is 0 Å². The summed E-state index contributed by atoms with van der Waals surface area (Å²) in [6, 6.07) is 4.01. The average molecular weight is 196 g/mol. The summed E-state index contributed by atoms with van der Waals surface area (Å²) in [5.41, 5.74) is 0. The highest BCUT2D eigenvalue weighted by atomic mass is 32.2. The summed E-state index contributed by atoms with van der Waals surface area (Å²) < 4.78 is 3.31. The highest BCUT2D eigenvalue weighted by Gasteiger charge is 1.94. The summed E-state index contributed by atoms with van der Waals surface area (Å²) in [4.78, 5) is 5.21.